The van der Waals surface area contributed by atoms with E-state index in [0.29, 0.717) is 11.3 Å². The second kappa shape index (κ2) is 6.32. The first-order chi connectivity index (χ1) is 10.3. The third-order valence-electron chi connectivity index (χ3n) is 3.42. The Bertz CT molecular complexity index is 658. The van der Waals surface area contributed by atoms with E-state index >= 15 is 0 Å². The molecule has 2 aromatic rings. The average Bonchev–Trinajstić information content (AvgIpc) is 2.93. The summed E-state index contributed by atoms with van der Waals surface area (Å²) in [5.74, 6) is -0.475. The lowest BCUT2D eigenvalue weighted by atomic mass is 9.89. The number of rotatable bonds is 4. The predicted octanol–water partition coefficient (Wildman–Crippen LogP) is 3.22. The van der Waals surface area contributed by atoms with Gasteiger partial charge in [0.1, 0.15) is 11.6 Å². The highest BCUT2D eigenvalue weighted by Gasteiger charge is 2.23. The van der Waals surface area contributed by atoms with Gasteiger partial charge in [0.05, 0.1) is 11.7 Å². The van der Waals surface area contributed by atoms with Crippen LogP contribution in [-0.2, 0) is 0 Å². The smallest absolute Gasteiger partial charge is 0.287 e. The third kappa shape index (κ3) is 3.74. The zero-order valence-electron chi connectivity index (χ0n) is 12.9. The fraction of sp³-hybridized carbons (Fsp3) is 0.353. The molecule has 1 heterocycles. The number of halogens is 1. The van der Waals surface area contributed by atoms with Crippen LogP contribution in [0.5, 0.6) is 0 Å². The van der Waals surface area contributed by atoms with E-state index in [1.54, 1.807) is 24.3 Å². The number of hydrogen-bond acceptors (Lipinski definition) is 3. The maximum Gasteiger partial charge on any atom is 0.287 e. The molecule has 1 amide bonds. The van der Waals surface area contributed by atoms with Gasteiger partial charge in [-0.15, -0.1) is 0 Å². The fourth-order valence-corrected chi connectivity index (χ4v) is 1.85. The van der Waals surface area contributed by atoms with Gasteiger partial charge in [0.25, 0.3) is 5.91 Å². The van der Waals surface area contributed by atoms with Crippen LogP contribution < -0.4 is 5.32 Å². The van der Waals surface area contributed by atoms with E-state index in [0.717, 1.165) is 0 Å². The molecule has 0 spiro atoms. The molecule has 4 nitrogen and oxygen atoms in total. The van der Waals surface area contributed by atoms with Gasteiger partial charge in [-0.05, 0) is 29.7 Å². The van der Waals surface area contributed by atoms with E-state index in [1.165, 1.54) is 12.1 Å². The molecular weight excluding hydrogens is 285 g/mol. The van der Waals surface area contributed by atoms with Crippen molar-refractivity contribution in [3.63, 3.8) is 0 Å². The maximum absolute atomic E-state index is 13.7. The zero-order chi connectivity index (χ0) is 16.3. The van der Waals surface area contributed by atoms with Crippen LogP contribution in [0.25, 0.3) is 11.3 Å². The summed E-state index contributed by atoms with van der Waals surface area (Å²) in [6.07, 6.45) is -0.669. The Balaban J connectivity index is 2.06. The van der Waals surface area contributed by atoms with Crippen molar-refractivity contribution in [1.29, 1.82) is 0 Å². The minimum Gasteiger partial charge on any atom is -0.451 e. The molecule has 1 aromatic heterocycles. The Hall–Kier alpha value is -2.14. The van der Waals surface area contributed by atoms with Crippen molar-refractivity contribution in [3.8, 4) is 11.3 Å². The molecule has 0 bridgehead atoms. The predicted molar refractivity (Wildman–Crippen MR) is 81.9 cm³/mol. The highest BCUT2D eigenvalue weighted by atomic mass is 19.1. The zero-order valence-corrected chi connectivity index (χ0v) is 12.9. The van der Waals surface area contributed by atoms with Crippen molar-refractivity contribution >= 4 is 5.91 Å². The number of aliphatic hydroxyl groups excluding tert-OH is 1. The Morgan fingerprint density at radius 1 is 1.27 bits per heavy atom. The van der Waals surface area contributed by atoms with E-state index in [9.17, 15) is 14.3 Å². The van der Waals surface area contributed by atoms with E-state index in [2.05, 4.69) is 5.32 Å². The summed E-state index contributed by atoms with van der Waals surface area (Å²) in [6.45, 7) is 5.77. The second-order valence-corrected chi connectivity index (χ2v) is 6.24. The summed E-state index contributed by atoms with van der Waals surface area (Å²) in [6, 6.07) is 9.23. The largest absolute Gasteiger partial charge is 0.451 e. The quantitative estimate of drug-likeness (QED) is 0.911. The third-order valence-corrected chi connectivity index (χ3v) is 3.42. The summed E-state index contributed by atoms with van der Waals surface area (Å²) in [5, 5.41) is 12.5. The number of benzene rings is 1. The van der Waals surface area contributed by atoms with Gasteiger partial charge >= 0.3 is 0 Å². The number of hydrogen-bond donors (Lipinski definition) is 2. The Morgan fingerprint density at radius 2 is 1.95 bits per heavy atom. The van der Waals surface area contributed by atoms with Gasteiger partial charge in [-0.2, -0.15) is 0 Å². The van der Waals surface area contributed by atoms with E-state index in [-0.39, 0.29) is 17.7 Å². The van der Waals surface area contributed by atoms with Crippen LogP contribution in [0.3, 0.4) is 0 Å². The molecular formula is C17H20FNO3. The van der Waals surface area contributed by atoms with Gasteiger partial charge in [-0.25, -0.2) is 4.39 Å². The highest BCUT2D eigenvalue weighted by molar-refractivity contribution is 5.92. The number of amides is 1. The molecule has 0 saturated heterocycles. The SMILES string of the molecule is CC(C)(C)C(O)CNC(=O)c1ccc(-c2ccccc2F)o1. The van der Waals surface area contributed by atoms with Crippen LogP contribution in [0, 0.1) is 11.2 Å². The fourth-order valence-electron chi connectivity index (χ4n) is 1.85. The van der Waals surface area contributed by atoms with E-state index in [4.69, 9.17) is 4.42 Å². The van der Waals surface area contributed by atoms with Crippen molar-refractivity contribution in [2.45, 2.75) is 26.9 Å². The number of nitrogens with one attached hydrogen (secondary N) is 1. The molecule has 2 rings (SSSR count). The van der Waals surface area contributed by atoms with Crippen LogP contribution >= 0.6 is 0 Å². The summed E-state index contributed by atoms with van der Waals surface area (Å²) < 4.78 is 19.1. The number of furan rings is 1. The van der Waals surface area contributed by atoms with Crippen LogP contribution in [0.4, 0.5) is 4.39 Å². The van der Waals surface area contributed by atoms with Gasteiger partial charge in [-0.3, -0.25) is 4.79 Å². The standard InChI is InChI=1S/C17H20FNO3/c1-17(2,3)15(20)10-19-16(21)14-9-8-13(22-14)11-6-4-5-7-12(11)18/h4-9,15,20H,10H2,1-3H3,(H,19,21). The van der Waals surface area contributed by atoms with Gasteiger partial charge in [0, 0.05) is 6.54 Å². The molecule has 0 radical (unpaired) electrons. The minimum atomic E-state index is -0.669. The molecule has 1 aromatic carbocycles. The van der Waals surface area contributed by atoms with Crippen LogP contribution in [0.1, 0.15) is 31.3 Å². The molecule has 22 heavy (non-hydrogen) atoms. The minimum absolute atomic E-state index is 0.0827. The second-order valence-electron chi connectivity index (χ2n) is 6.24. The van der Waals surface area contributed by atoms with Crippen molar-refractivity contribution in [3.05, 3.63) is 48.0 Å². The van der Waals surface area contributed by atoms with Gasteiger partial charge in [0.2, 0.25) is 0 Å². The molecule has 1 unspecified atom stereocenters. The first-order valence-corrected chi connectivity index (χ1v) is 7.10. The normalized spacial score (nSPS) is 13.0. The first kappa shape index (κ1) is 16.2. The highest BCUT2D eigenvalue weighted by Crippen LogP contribution is 2.25. The molecule has 0 saturated carbocycles. The summed E-state index contributed by atoms with van der Waals surface area (Å²) in [5.41, 5.74) is -0.0225. The molecule has 0 aliphatic carbocycles. The molecule has 0 aliphatic rings. The number of carbonyl (C=O) groups is 1. The molecule has 118 valence electrons. The Labute approximate surface area is 129 Å². The van der Waals surface area contributed by atoms with Crippen LogP contribution in [-0.4, -0.2) is 23.7 Å². The van der Waals surface area contributed by atoms with E-state index in [1.807, 2.05) is 20.8 Å². The van der Waals surface area contributed by atoms with Crippen molar-refractivity contribution in [2.24, 2.45) is 5.41 Å². The molecule has 0 fully saturated rings. The molecule has 1 atom stereocenters. The van der Waals surface area contributed by atoms with E-state index < -0.39 is 17.8 Å². The lowest BCUT2D eigenvalue weighted by molar-refractivity contribution is 0.0579. The molecule has 5 heteroatoms. The van der Waals surface area contributed by atoms with Gasteiger partial charge in [-0.1, -0.05) is 32.9 Å². The van der Waals surface area contributed by atoms with Crippen LogP contribution in [0.2, 0.25) is 0 Å². The van der Waals surface area contributed by atoms with Crippen LogP contribution in [0.15, 0.2) is 40.8 Å². The summed E-state index contributed by atoms with van der Waals surface area (Å²) >= 11 is 0. The van der Waals surface area contributed by atoms with Gasteiger partial charge < -0.3 is 14.8 Å². The first-order valence-electron chi connectivity index (χ1n) is 7.10. The molecule has 2 N–H and O–H groups in total. The monoisotopic (exact) mass is 305 g/mol. The average molecular weight is 305 g/mol. The lowest BCUT2D eigenvalue weighted by Gasteiger charge is -2.25. The Morgan fingerprint density at radius 3 is 2.59 bits per heavy atom. The number of carbonyl (C=O) groups excluding carboxylic acids is 1. The topological polar surface area (TPSA) is 62.5 Å². The number of aliphatic hydroxyl groups is 1. The summed E-state index contributed by atoms with van der Waals surface area (Å²) in [4.78, 5) is 12.0. The summed E-state index contributed by atoms with van der Waals surface area (Å²) in [7, 11) is 0. The lowest BCUT2D eigenvalue weighted by Crippen LogP contribution is -2.39. The van der Waals surface area contributed by atoms with Crippen molar-refractivity contribution in [1.82, 2.24) is 5.32 Å². The van der Waals surface area contributed by atoms with Crippen molar-refractivity contribution < 1.29 is 18.7 Å². The maximum atomic E-state index is 13.7. The Kier molecular flexibility index (Phi) is 4.66. The van der Waals surface area contributed by atoms with Crippen molar-refractivity contribution in [2.75, 3.05) is 6.54 Å². The molecule has 0 aliphatic heterocycles. The van der Waals surface area contributed by atoms with Gasteiger partial charge in [0.15, 0.2) is 5.76 Å².